The third-order valence-electron chi connectivity index (χ3n) is 3.33. The van der Waals surface area contributed by atoms with Gasteiger partial charge in [-0.1, -0.05) is 17.7 Å². The maximum atomic E-state index is 5.80. The predicted molar refractivity (Wildman–Crippen MR) is 88.6 cm³/mol. The van der Waals surface area contributed by atoms with E-state index in [4.69, 9.17) is 4.18 Å². The maximum absolute atomic E-state index is 5.80. The molecule has 0 radical (unpaired) electrons. The van der Waals surface area contributed by atoms with Gasteiger partial charge in [0.25, 0.3) is 0 Å². The van der Waals surface area contributed by atoms with E-state index in [1.807, 2.05) is 12.1 Å². The molecule has 0 spiro atoms. The molecule has 0 aromatic heterocycles. The monoisotopic (exact) mass is 312 g/mol. The van der Waals surface area contributed by atoms with Gasteiger partial charge in [0, 0.05) is 42.2 Å². The van der Waals surface area contributed by atoms with Crippen molar-refractivity contribution in [2.75, 3.05) is 33.8 Å². The van der Waals surface area contributed by atoms with Crippen LogP contribution in [-0.2, 0) is 4.18 Å². The van der Waals surface area contributed by atoms with Crippen LogP contribution in [0.1, 0.15) is 18.4 Å². The molecule has 0 bridgehead atoms. The van der Waals surface area contributed by atoms with E-state index in [2.05, 4.69) is 53.9 Å². The van der Waals surface area contributed by atoms with E-state index in [1.54, 1.807) is 0 Å². The van der Waals surface area contributed by atoms with Gasteiger partial charge in [0.1, 0.15) is 0 Å². The zero-order chi connectivity index (χ0) is 14.4. The van der Waals surface area contributed by atoms with Gasteiger partial charge in [0.2, 0.25) is 0 Å². The lowest BCUT2D eigenvalue weighted by Gasteiger charge is -2.31. The van der Waals surface area contributed by atoms with Gasteiger partial charge in [-0.2, -0.15) is 0 Å². The van der Waals surface area contributed by atoms with Crippen molar-refractivity contribution in [1.82, 2.24) is 8.61 Å². The van der Waals surface area contributed by atoms with E-state index in [0.29, 0.717) is 5.92 Å². The largest absolute Gasteiger partial charge is 0.310 e. The minimum Gasteiger partial charge on any atom is -0.310 e. The molecular formula is C15H24N2OS2. The predicted octanol–water partition coefficient (Wildman–Crippen LogP) is 3.86. The van der Waals surface area contributed by atoms with Gasteiger partial charge in [0.05, 0.1) is 6.61 Å². The summed E-state index contributed by atoms with van der Waals surface area (Å²) in [6, 6.07) is 8.50. The van der Waals surface area contributed by atoms with Crippen molar-refractivity contribution in [2.45, 2.75) is 24.7 Å². The Balaban J connectivity index is 1.62. The molecule has 0 saturated carbocycles. The van der Waals surface area contributed by atoms with E-state index >= 15 is 0 Å². The number of piperidine rings is 1. The fourth-order valence-corrected chi connectivity index (χ4v) is 3.66. The molecule has 1 aliphatic rings. The second-order valence-electron chi connectivity index (χ2n) is 5.45. The molecule has 1 aliphatic heterocycles. The summed E-state index contributed by atoms with van der Waals surface area (Å²) in [4.78, 5) is 1.19. The Morgan fingerprint density at radius 3 is 2.45 bits per heavy atom. The van der Waals surface area contributed by atoms with Crippen LogP contribution in [0.5, 0.6) is 0 Å². The van der Waals surface area contributed by atoms with Crippen molar-refractivity contribution < 1.29 is 4.18 Å². The highest BCUT2D eigenvalue weighted by Gasteiger charge is 2.20. The Morgan fingerprint density at radius 2 is 1.85 bits per heavy atom. The molecular weight excluding hydrogens is 288 g/mol. The van der Waals surface area contributed by atoms with Crippen LogP contribution in [0.3, 0.4) is 0 Å². The molecule has 0 N–H and O–H groups in total. The quantitative estimate of drug-likeness (QED) is 0.584. The lowest BCUT2D eigenvalue weighted by Crippen LogP contribution is -2.32. The lowest BCUT2D eigenvalue weighted by atomic mass is 10.00. The molecule has 20 heavy (non-hydrogen) atoms. The molecule has 1 fully saturated rings. The van der Waals surface area contributed by atoms with Crippen LogP contribution >= 0.6 is 24.2 Å². The Labute approximate surface area is 131 Å². The summed E-state index contributed by atoms with van der Waals surface area (Å²) in [5, 5.41) is 0. The molecule has 5 heteroatoms. The highest BCUT2D eigenvalue weighted by atomic mass is 32.2. The highest BCUT2D eigenvalue weighted by Crippen LogP contribution is 2.26. The summed E-state index contributed by atoms with van der Waals surface area (Å²) in [5.74, 6) is 0.701. The Hall–Kier alpha value is -0.200. The topological polar surface area (TPSA) is 15.7 Å². The van der Waals surface area contributed by atoms with Crippen LogP contribution in [0.15, 0.2) is 29.2 Å². The van der Waals surface area contributed by atoms with Crippen LogP contribution in [0, 0.1) is 12.8 Å². The molecule has 1 heterocycles. The van der Waals surface area contributed by atoms with Crippen LogP contribution in [0.2, 0.25) is 0 Å². The van der Waals surface area contributed by atoms with Crippen molar-refractivity contribution in [1.29, 1.82) is 0 Å². The molecule has 1 aromatic rings. The van der Waals surface area contributed by atoms with Crippen molar-refractivity contribution in [2.24, 2.45) is 5.92 Å². The van der Waals surface area contributed by atoms with Crippen LogP contribution in [0.25, 0.3) is 0 Å². The number of hydrogen-bond acceptors (Lipinski definition) is 5. The Kier molecular flexibility index (Phi) is 6.71. The fraction of sp³-hybridized carbons (Fsp3) is 0.600. The first kappa shape index (κ1) is 16.2. The molecule has 112 valence electrons. The fourth-order valence-electron chi connectivity index (χ4n) is 2.18. The first-order valence-electron chi connectivity index (χ1n) is 7.10. The van der Waals surface area contributed by atoms with E-state index in [9.17, 15) is 0 Å². The molecule has 1 saturated heterocycles. The van der Waals surface area contributed by atoms with E-state index in [-0.39, 0.29) is 0 Å². The summed E-state index contributed by atoms with van der Waals surface area (Å²) in [5.41, 5.74) is 1.29. The summed E-state index contributed by atoms with van der Waals surface area (Å²) < 4.78 is 10.4. The van der Waals surface area contributed by atoms with Gasteiger partial charge in [-0.3, -0.25) is 0 Å². The van der Waals surface area contributed by atoms with E-state index in [1.165, 1.54) is 35.3 Å². The second-order valence-corrected chi connectivity index (χ2v) is 7.73. The summed E-state index contributed by atoms with van der Waals surface area (Å²) >= 11 is 3.33. The molecule has 0 aliphatic carbocycles. The highest BCUT2D eigenvalue weighted by molar-refractivity contribution is 7.94. The van der Waals surface area contributed by atoms with Gasteiger partial charge in [-0.25, -0.2) is 8.61 Å². The normalized spacial score (nSPS) is 17.8. The SMILES string of the molecule is Cc1ccc(SOCC2CCN(SN(C)C)CC2)cc1. The van der Waals surface area contributed by atoms with E-state index < -0.39 is 0 Å². The molecule has 2 rings (SSSR count). The van der Waals surface area contributed by atoms with Crippen molar-refractivity contribution >= 4 is 24.2 Å². The van der Waals surface area contributed by atoms with Crippen LogP contribution in [-0.4, -0.2) is 42.4 Å². The average Bonchev–Trinajstić information content (AvgIpc) is 2.42. The zero-order valence-electron chi connectivity index (χ0n) is 12.5. The number of benzene rings is 1. The number of hydrogen-bond donors (Lipinski definition) is 0. The number of nitrogens with zero attached hydrogens (tertiary/aromatic N) is 2. The smallest absolute Gasteiger partial charge is 0.0647 e. The third kappa shape index (κ3) is 5.66. The molecule has 1 aromatic carbocycles. The maximum Gasteiger partial charge on any atom is 0.0647 e. The first-order chi connectivity index (χ1) is 9.63. The summed E-state index contributed by atoms with van der Waals surface area (Å²) in [7, 11) is 4.19. The van der Waals surface area contributed by atoms with Crippen LogP contribution < -0.4 is 0 Å². The Morgan fingerprint density at radius 1 is 1.20 bits per heavy atom. The van der Waals surface area contributed by atoms with Gasteiger partial charge in [-0.05, 0) is 51.9 Å². The minimum absolute atomic E-state index is 0.701. The van der Waals surface area contributed by atoms with Gasteiger partial charge >= 0.3 is 0 Å². The molecule has 0 unspecified atom stereocenters. The Bertz CT molecular complexity index is 389. The van der Waals surface area contributed by atoms with Crippen molar-refractivity contribution in [3.63, 3.8) is 0 Å². The standard InChI is InChI=1S/C15H24N2OS2/c1-13-4-6-15(7-5-13)19-18-12-14-8-10-17(11-9-14)20-16(2)3/h4-7,14H,8-12H2,1-3H3. The van der Waals surface area contributed by atoms with Gasteiger partial charge in [-0.15, -0.1) is 0 Å². The van der Waals surface area contributed by atoms with Crippen molar-refractivity contribution in [3.05, 3.63) is 29.8 Å². The molecule has 3 nitrogen and oxygen atoms in total. The summed E-state index contributed by atoms with van der Waals surface area (Å²) in [6.07, 6.45) is 2.46. The van der Waals surface area contributed by atoms with Gasteiger partial charge < -0.3 is 4.18 Å². The summed E-state index contributed by atoms with van der Waals surface area (Å²) in [6.45, 7) is 5.28. The lowest BCUT2D eigenvalue weighted by molar-refractivity contribution is 0.209. The first-order valence-corrected chi connectivity index (χ1v) is 8.57. The molecule has 0 amide bonds. The zero-order valence-corrected chi connectivity index (χ0v) is 14.2. The minimum atomic E-state index is 0.701. The molecule has 0 atom stereocenters. The number of aryl methyl sites for hydroxylation is 1. The third-order valence-corrected chi connectivity index (χ3v) is 4.97. The van der Waals surface area contributed by atoms with Crippen molar-refractivity contribution in [3.8, 4) is 0 Å². The van der Waals surface area contributed by atoms with Crippen LogP contribution in [0.4, 0.5) is 0 Å². The van der Waals surface area contributed by atoms with Gasteiger partial charge in [0.15, 0.2) is 0 Å². The second kappa shape index (κ2) is 8.29. The van der Waals surface area contributed by atoms with E-state index in [0.717, 1.165) is 19.7 Å². The average molecular weight is 313 g/mol. The number of rotatable bonds is 6.